The second kappa shape index (κ2) is 4.93. The van der Waals surface area contributed by atoms with Crippen molar-refractivity contribution in [3.63, 3.8) is 0 Å². The molecule has 3 heteroatoms. The fourth-order valence-corrected chi connectivity index (χ4v) is 2.52. The number of carbonyl (C=O) groups excluding carboxylic acids is 2. The first kappa shape index (κ1) is 12.6. The highest BCUT2D eigenvalue weighted by Crippen LogP contribution is 2.31. The van der Waals surface area contributed by atoms with Gasteiger partial charge in [0.25, 0.3) is 0 Å². The number of hydrogen-bond acceptors (Lipinski definition) is 3. The van der Waals surface area contributed by atoms with E-state index in [0.29, 0.717) is 40.9 Å². The molecule has 1 N–H and O–H groups in total. The van der Waals surface area contributed by atoms with Crippen molar-refractivity contribution in [2.75, 3.05) is 11.9 Å². The van der Waals surface area contributed by atoms with E-state index >= 15 is 0 Å². The molecule has 1 radical (unpaired) electrons. The lowest BCUT2D eigenvalue weighted by Crippen LogP contribution is -2.22. The smallest absolute Gasteiger partial charge is 0.196 e. The minimum Gasteiger partial charge on any atom is -0.384 e. The minimum atomic E-state index is -0.0950. The lowest BCUT2D eigenvalue weighted by atomic mass is 9.83. The van der Waals surface area contributed by atoms with Gasteiger partial charge >= 0.3 is 0 Å². The highest BCUT2D eigenvalue weighted by Gasteiger charge is 2.30. The first-order valence-electron chi connectivity index (χ1n) is 6.58. The molecule has 0 bridgehead atoms. The third-order valence-corrected chi connectivity index (χ3v) is 3.44. The molecule has 0 saturated carbocycles. The Morgan fingerprint density at radius 2 is 1.50 bits per heavy atom. The van der Waals surface area contributed by atoms with Gasteiger partial charge < -0.3 is 5.32 Å². The van der Waals surface area contributed by atoms with Gasteiger partial charge in [-0.15, -0.1) is 0 Å². The van der Waals surface area contributed by atoms with Crippen LogP contribution in [0.3, 0.4) is 0 Å². The van der Waals surface area contributed by atoms with Crippen LogP contribution in [0, 0.1) is 6.92 Å². The van der Waals surface area contributed by atoms with Crippen LogP contribution in [0.4, 0.5) is 5.69 Å². The van der Waals surface area contributed by atoms with Crippen LogP contribution in [-0.2, 0) is 0 Å². The Bertz CT molecular complexity index is 704. The van der Waals surface area contributed by atoms with Crippen molar-refractivity contribution in [3.05, 3.63) is 71.6 Å². The molecule has 0 atom stereocenters. The zero-order valence-corrected chi connectivity index (χ0v) is 11.0. The number of benzene rings is 2. The summed E-state index contributed by atoms with van der Waals surface area (Å²) in [5, 5.41) is 3.17. The lowest BCUT2D eigenvalue weighted by Gasteiger charge is -2.20. The fourth-order valence-electron chi connectivity index (χ4n) is 2.52. The molecule has 0 aromatic heterocycles. The van der Waals surface area contributed by atoms with Crippen LogP contribution in [0.2, 0.25) is 0 Å². The Balaban J connectivity index is 2.18. The van der Waals surface area contributed by atoms with Crippen molar-refractivity contribution in [1.29, 1.82) is 0 Å². The number of anilines is 1. The Morgan fingerprint density at radius 1 is 0.850 bits per heavy atom. The number of rotatable bonds is 3. The summed E-state index contributed by atoms with van der Waals surface area (Å²) < 4.78 is 0. The largest absolute Gasteiger partial charge is 0.384 e. The quantitative estimate of drug-likeness (QED) is 0.790. The summed E-state index contributed by atoms with van der Waals surface area (Å²) >= 11 is 0. The molecule has 20 heavy (non-hydrogen) atoms. The second-order valence-corrected chi connectivity index (χ2v) is 4.71. The summed E-state index contributed by atoms with van der Waals surface area (Å²) in [6, 6.07) is 12.3. The maximum Gasteiger partial charge on any atom is 0.196 e. The van der Waals surface area contributed by atoms with Crippen molar-refractivity contribution in [2.24, 2.45) is 0 Å². The third-order valence-electron chi connectivity index (χ3n) is 3.44. The SMILES string of the molecule is [CH2]CCNc1cccc2c1C(=O)c1ccccc1C2=O. The van der Waals surface area contributed by atoms with Crippen LogP contribution >= 0.6 is 0 Å². The predicted octanol–water partition coefficient (Wildman–Crippen LogP) is 3.10. The minimum absolute atomic E-state index is 0.0894. The summed E-state index contributed by atoms with van der Waals surface area (Å²) in [5.41, 5.74) is 2.62. The molecule has 0 unspecified atom stereocenters. The molecule has 2 aromatic rings. The van der Waals surface area contributed by atoms with Crippen molar-refractivity contribution >= 4 is 17.3 Å². The summed E-state index contributed by atoms with van der Waals surface area (Å²) in [6.45, 7) is 4.43. The number of nitrogens with one attached hydrogen (secondary N) is 1. The van der Waals surface area contributed by atoms with E-state index in [1.54, 1.807) is 36.4 Å². The summed E-state index contributed by atoms with van der Waals surface area (Å²) in [7, 11) is 0. The average molecular weight is 264 g/mol. The van der Waals surface area contributed by atoms with Gasteiger partial charge in [-0.1, -0.05) is 43.3 Å². The van der Waals surface area contributed by atoms with Crippen molar-refractivity contribution in [3.8, 4) is 0 Å². The van der Waals surface area contributed by atoms with E-state index in [1.165, 1.54) is 0 Å². The van der Waals surface area contributed by atoms with Gasteiger partial charge in [0.15, 0.2) is 11.6 Å². The Morgan fingerprint density at radius 3 is 2.20 bits per heavy atom. The van der Waals surface area contributed by atoms with E-state index in [0.717, 1.165) is 0 Å². The Kier molecular flexibility index (Phi) is 3.11. The molecule has 1 aliphatic carbocycles. The highest BCUT2D eigenvalue weighted by molar-refractivity contribution is 6.30. The highest BCUT2D eigenvalue weighted by atomic mass is 16.1. The van der Waals surface area contributed by atoms with E-state index in [-0.39, 0.29) is 11.6 Å². The van der Waals surface area contributed by atoms with Gasteiger partial charge in [0.1, 0.15) is 0 Å². The molecule has 0 heterocycles. The molecule has 2 aromatic carbocycles. The van der Waals surface area contributed by atoms with Crippen LogP contribution in [0.15, 0.2) is 42.5 Å². The predicted molar refractivity (Wildman–Crippen MR) is 78.2 cm³/mol. The second-order valence-electron chi connectivity index (χ2n) is 4.71. The molecule has 3 nitrogen and oxygen atoms in total. The van der Waals surface area contributed by atoms with Crippen molar-refractivity contribution < 1.29 is 9.59 Å². The number of carbonyl (C=O) groups is 2. The molecule has 99 valence electrons. The Labute approximate surface area is 117 Å². The molecule has 1 aliphatic rings. The van der Waals surface area contributed by atoms with Crippen LogP contribution in [0.5, 0.6) is 0 Å². The maximum absolute atomic E-state index is 12.6. The van der Waals surface area contributed by atoms with E-state index in [9.17, 15) is 9.59 Å². The molecule has 0 fully saturated rings. The molecule has 0 spiro atoms. The Hall–Kier alpha value is -2.42. The molecule has 0 amide bonds. The van der Waals surface area contributed by atoms with Gasteiger partial charge in [-0.05, 0) is 12.5 Å². The van der Waals surface area contributed by atoms with Gasteiger partial charge in [-0.3, -0.25) is 9.59 Å². The summed E-state index contributed by atoms with van der Waals surface area (Å²) in [6.07, 6.45) is 0.711. The zero-order chi connectivity index (χ0) is 14.1. The molecular formula is C17H14NO2. The topological polar surface area (TPSA) is 46.2 Å². The average Bonchev–Trinajstić information content (AvgIpc) is 2.50. The molecule has 0 saturated heterocycles. The van der Waals surface area contributed by atoms with Gasteiger partial charge in [0.2, 0.25) is 0 Å². The van der Waals surface area contributed by atoms with Crippen molar-refractivity contribution in [1.82, 2.24) is 0 Å². The van der Waals surface area contributed by atoms with E-state index in [2.05, 4.69) is 12.2 Å². The van der Waals surface area contributed by atoms with E-state index in [4.69, 9.17) is 0 Å². The van der Waals surface area contributed by atoms with Gasteiger partial charge in [0.05, 0.1) is 5.56 Å². The lowest BCUT2D eigenvalue weighted by molar-refractivity contribution is 0.0979. The first-order valence-corrected chi connectivity index (χ1v) is 6.58. The van der Waals surface area contributed by atoms with Gasteiger partial charge in [0, 0.05) is 28.9 Å². The van der Waals surface area contributed by atoms with Crippen LogP contribution in [-0.4, -0.2) is 18.1 Å². The number of hydrogen-bond donors (Lipinski definition) is 1. The van der Waals surface area contributed by atoms with Gasteiger partial charge in [-0.25, -0.2) is 0 Å². The van der Waals surface area contributed by atoms with Crippen LogP contribution in [0.25, 0.3) is 0 Å². The normalized spacial score (nSPS) is 12.8. The molecule has 3 rings (SSSR count). The standard InChI is InChI=1S/C17H14NO2/c1-2-10-18-14-9-5-8-13-15(14)17(20)12-7-4-3-6-11(12)16(13)19/h3-9,18H,1-2,10H2. The van der Waals surface area contributed by atoms with Crippen LogP contribution < -0.4 is 5.32 Å². The van der Waals surface area contributed by atoms with Crippen molar-refractivity contribution in [2.45, 2.75) is 6.42 Å². The zero-order valence-electron chi connectivity index (χ0n) is 11.0. The third kappa shape index (κ3) is 1.83. The van der Waals surface area contributed by atoms with E-state index in [1.807, 2.05) is 6.07 Å². The maximum atomic E-state index is 12.6. The number of ketones is 2. The first-order chi connectivity index (χ1) is 9.74. The van der Waals surface area contributed by atoms with Gasteiger partial charge in [-0.2, -0.15) is 0 Å². The van der Waals surface area contributed by atoms with Crippen LogP contribution in [0.1, 0.15) is 38.3 Å². The summed E-state index contributed by atoms with van der Waals surface area (Å²) in [5.74, 6) is -0.184. The molecular weight excluding hydrogens is 250 g/mol. The molecule has 0 aliphatic heterocycles. The van der Waals surface area contributed by atoms with E-state index < -0.39 is 0 Å². The number of fused-ring (bicyclic) bond motifs is 2. The summed E-state index contributed by atoms with van der Waals surface area (Å²) in [4.78, 5) is 25.1. The fraction of sp³-hybridized carbons (Fsp3) is 0.118. The monoisotopic (exact) mass is 264 g/mol.